The van der Waals surface area contributed by atoms with Crippen molar-refractivity contribution in [1.29, 1.82) is 0 Å². The standard InChI is InChI=1S/C14H27N3/c1-2-15-13-4-3-5-14(13)17-10-8-16(9-11-17)12-6-7-12/h12-15H,2-11H2,1H3. The molecular formula is C14H27N3. The Bertz CT molecular complexity index is 244. The molecular weight excluding hydrogens is 210 g/mol. The first-order valence-electron chi connectivity index (χ1n) is 7.60. The van der Waals surface area contributed by atoms with E-state index in [1.807, 2.05) is 0 Å². The molecule has 2 unspecified atom stereocenters. The zero-order valence-corrected chi connectivity index (χ0v) is 11.2. The van der Waals surface area contributed by atoms with Gasteiger partial charge in [0, 0.05) is 44.3 Å². The summed E-state index contributed by atoms with van der Waals surface area (Å²) < 4.78 is 0. The lowest BCUT2D eigenvalue weighted by molar-refractivity contribution is 0.0828. The van der Waals surface area contributed by atoms with E-state index in [1.165, 1.54) is 58.3 Å². The lowest BCUT2D eigenvalue weighted by atomic mass is 10.1. The van der Waals surface area contributed by atoms with Crippen molar-refractivity contribution < 1.29 is 0 Å². The minimum Gasteiger partial charge on any atom is -0.313 e. The van der Waals surface area contributed by atoms with Crippen LogP contribution in [0.4, 0.5) is 0 Å². The maximum atomic E-state index is 3.68. The van der Waals surface area contributed by atoms with Crippen LogP contribution in [0.1, 0.15) is 39.0 Å². The minimum absolute atomic E-state index is 0.771. The van der Waals surface area contributed by atoms with Gasteiger partial charge in [-0.3, -0.25) is 9.80 Å². The molecule has 1 aliphatic heterocycles. The van der Waals surface area contributed by atoms with Crippen LogP contribution >= 0.6 is 0 Å². The zero-order chi connectivity index (χ0) is 11.7. The maximum Gasteiger partial charge on any atom is 0.0250 e. The maximum absolute atomic E-state index is 3.68. The van der Waals surface area contributed by atoms with Crippen LogP contribution in [0.25, 0.3) is 0 Å². The number of nitrogens with one attached hydrogen (secondary N) is 1. The van der Waals surface area contributed by atoms with Gasteiger partial charge in [-0.2, -0.15) is 0 Å². The molecule has 0 aromatic heterocycles. The van der Waals surface area contributed by atoms with Gasteiger partial charge in [0.25, 0.3) is 0 Å². The molecule has 0 bridgehead atoms. The summed E-state index contributed by atoms with van der Waals surface area (Å²) in [5, 5.41) is 3.68. The van der Waals surface area contributed by atoms with Crippen molar-refractivity contribution in [2.45, 2.75) is 57.2 Å². The molecule has 98 valence electrons. The van der Waals surface area contributed by atoms with Crippen molar-refractivity contribution in [3.8, 4) is 0 Å². The summed E-state index contributed by atoms with van der Waals surface area (Å²) >= 11 is 0. The van der Waals surface area contributed by atoms with Crippen LogP contribution in [0.15, 0.2) is 0 Å². The van der Waals surface area contributed by atoms with Gasteiger partial charge in [0.15, 0.2) is 0 Å². The van der Waals surface area contributed by atoms with Crippen LogP contribution in [0.3, 0.4) is 0 Å². The fraction of sp³-hybridized carbons (Fsp3) is 1.00. The molecule has 17 heavy (non-hydrogen) atoms. The second-order valence-electron chi connectivity index (χ2n) is 5.97. The molecule has 3 fully saturated rings. The molecule has 3 rings (SSSR count). The smallest absolute Gasteiger partial charge is 0.0250 e. The normalized spacial score (nSPS) is 36.5. The predicted octanol–water partition coefficient (Wildman–Crippen LogP) is 1.30. The fourth-order valence-electron chi connectivity index (χ4n) is 3.75. The highest BCUT2D eigenvalue weighted by Crippen LogP contribution is 2.30. The van der Waals surface area contributed by atoms with Gasteiger partial charge in [-0.1, -0.05) is 13.3 Å². The Hall–Kier alpha value is -0.120. The van der Waals surface area contributed by atoms with Crippen molar-refractivity contribution >= 4 is 0 Å². The highest BCUT2D eigenvalue weighted by molar-refractivity contribution is 4.94. The Morgan fingerprint density at radius 1 is 0.941 bits per heavy atom. The zero-order valence-electron chi connectivity index (χ0n) is 11.2. The summed E-state index contributed by atoms with van der Waals surface area (Å²) in [4.78, 5) is 5.48. The van der Waals surface area contributed by atoms with Crippen molar-refractivity contribution in [2.75, 3.05) is 32.7 Å². The summed E-state index contributed by atoms with van der Waals surface area (Å²) in [6.07, 6.45) is 7.15. The van der Waals surface area contributed by atoms with Gasteiger partial charge in [-0.15, -0.1) is 0 Å². The molecule has 1 heterocycles. The number of piperazine rings is 1. The second-order valence-corrected chi connectivity index (χ2v) is 5.97. The van der Waals surface area contributed by atoms with Gasteiger partial charge >= 0.3 is 0 Å². The molecule has 1 saturated heterocycles. The molecule has 3 heteroatoms. The Kier molecular flexibility index (Phi) is 3.69. The largest absolute Gasteiger partial charge is 0.313 e. The van der Waals surface area contributed by atoms with Gasteiger partial charge < -0.3 is 5.32 Å². The van der Waals surface area contributed by atoms with Crippen molar-refractivity contribution in [3.63, 3.8) is 0 Å². The highest BCUT2D eigenvalue weighted by Gasteiger charge is 2.36. The van der Waals surface area contributed by atoms with Gasteiger partial charge in [0.2, 0.25) is 0 Å². The second kappa shape index (κ2) is 5.25. The van der Waals surface area contributed by atoms with Crippen LogP contribution < -0.4 is 5.32 Å². The van der Waals surface area contributed by atoms with Crippen LogP contribution in [-0.2, 0) is 0 Å². The first kappa shape index (κ1) is 11.9. The van der Waals surface area contributed by atoms with E-state index < -0.39 is 0 Å². The molecule has 2 atom stereocenters. The van der Waals surface area contributed by atoms with Crippen LogP contribution in [0.2, 0.25) is 0 Å². The SMILES string of the molecule is CCNC1CCCC1N1CCN(C2CC2)CC1. The number of hydrogen-bond acceptors (Lipinski definition) is 3. The Balaban J connectivity index is 1.50. The third-order valence-corrected chi connectivity index (χ3v) is 4.83. The third-order valence-electron chi connectivity index (χ3n) is 4.83. The minimum atomic E-state index is 0.771. The predicted molar refractivity (Wildman–Crippen MR) is 71.3 cm³/mol. The van der Waals surface area contributed by atoms with Gasteiger partial charge in [0.1, 0.15) is 0 Å². The number of rotatable bonds is 4. The van der Waals surface area contributed by atoms with Gasteiger partial charge in [0.05, 0.1) is 0 Å². The topological polar surface area (TPSA) is 18.5 Å². The van der Waals surface area contributed by atoms with Gasteiger partial charge in [-0.25, -0.2) is 0 Å². The molecule has 0 aromatic carbocycles. The monoisotopic (exact) mass is 237 g/mol. The van der Waals surface area contributed by atoms with Crippen LogP contribution in [-0.4, -0.2) is 60.6 Å². The fourth-order valence-corrected chi connectivity index (χ4v) is 3.75. The van der Waals surface area contributed by atoms with E-state index in [-0.39, 0.29) is 0 Å². The summed E-state index contributed by atoms with van der Waals surface area (Å²) in [5.74, 6) is 0. The lowest BCUT2D eigenvalue weighted by Gasteiger charge is -2.40. The van der Waals surface area contributed by atoms with E-state index >= 15 is 0 Å². The number of hydrogen-bond donors (Lipinski definition) is 1. The average molecular weight is 237 g/mol. The molecule has 3 nitrogen and oxygen atoms in total. The summed E-state index contributed by atoms with van der Waals surface area (Å²) in [7, 11) is 0. The van der Waals surface area contributed by atoms with Crippen LogP contribution in [0, 0.1) is 0 Å². The van der Waals surface area contributed by atoms with Crippen LogP contribution in [0.5, 0.6) is 0 Å². The first-order valence-corrected chi connectivity index (χ1v) is 7.60. The van der Waals surface area contributed by atoms with E-state index in [4.69, 9.17) is 0 Å². The van der Waals surface area contributed by atoms with Gasteiger partial charge in [-0.05, 0) is 32.2 Å². The molecule has 2 aliphatic carbocycles. The van der Waals surface area contributed by atoms with E-state index in [2.05, 4.69) is 22.0 Å². The third kappa shape index (κ3) is 2.67. The molecule has 2 saturated carbocycles. The van der Waals surface area contributed by atoms with E-state index in [9.17, 15) is 0 Å². The molecule has 1 N–H and O–H groups in total. The Morgan fingerprint density at radius 3 is 2.29 bits per heavy atom. The Labute approximate surface area is 106 Å². The lowest BCUT2D eigenvalue weighted by Crippen LogP contribution is -2.55. The van der Waals surface area contributed by atoms with Crippen molar-refractivity contribution in [3.05, 3.63) is 0 Å². The summed E-state index contributed by atoms with van der Waals surface area (Å²) in [6, 6.07) is 2.56. The average Bonchev–Trinajstić information content (AvgIpc) is 3.11. The quantitative estimate of drug-likeness (QED) is 0.795. The van der Waals surface area contributed by atoms with Crippen molar-refractivity contribution in [2.24, 2.45) is 0 Å². The Morgan fingerprint density at radius 2 is 1.65 bits per heavy atom. The highest BCUT2D eigenvalue weighted by atomic mass is 15.3. The molecule has 0 spiro atoms. The number of nitrogens with zero attached hydrogens (tertiary/aromatic N) is 2. The molecule has 3 aliphatic rings. The van der Waals surface area contributed by atoms with Crippen molar-refractivity contribution in [1.82, 2.24) is 15.1 Å². The molecule has 0 aromatic rings. The molecule has 0 amide bonds. The van der Waals surface area contributed by atoms with E-state index in [0.29, 0.717) is 0 Å². The first-order chi connectivity index (χ1) is 8.38. The number of likely N-dealkylation sites (N-methyl/N-ethyl adjacent to an activating group) is 1. The van der Waals surface area contributed by atoms with E-state index in [1.54, 1.807) is 0 Å². The summed E-state index contributed by atoms with van der Waals surface area (Å²) in [5.41, 5.74) is 0. The van der Waals surface area contributed by atoms with E-state index in [0.717, 1.165) is 24.7 Å². The summed E-state index contributed by atoms with van der Waals surface area (Å²) in [6.45, 7) is 8.62. The molecule has 0 radical (unpaired) electrons.